The molecule has 0 rings (SSSR count). The Hall–Kier alpha value is 1.85. The van der Waals surface area contributed by atoms with Gasteiger partial charge in [0, 0.05) is 0 Å². The minimum atomic E-state index is -5.61. The van der Waals surface area contributed by atoms with Gasteiger partial charge in [0.05, 0.1) is 0 Å². The summed E-state index contributed by atoms with van der Waals surface area (Å²) in [6.07, 6.45) is 0. The standard InChI is InChI=1S/Ag.Al.Cu.O4Si/c;;;1-5(2,3)4/q+1;+3;+2;-4. The molecule has 0 amide bonds. The summed E-state index contributed by atoms with van der Waals surface area (Å²) in [5.74, 6) is 0. The third-order valence-corrected chi connectivity index (χ3v) is 0. The zero-order chi connectivity index (χ0) is 4.50. The summed E-state index contributed by atoms with van der Waals surface area (Å²) in [5.41, 5.74) is 0. The molecule has 0 unspecified atom stereocenters. The molecule has 0 saturated heterocycles. The third kappa shape index (κ3) is 108. The summed E-state index contributed by atoms with van der Waals surface area (Å²) in [5, 5.41) is 0. The zero-order valence-corrected chi connectivity index (χ0v) is 7.89. The summed E-state index contributed by atoms with van der Waals surface area (Å²) in [6, 6.07) is 0. The summed E-state index contributed by atoms with van der Waals surface area (Å²) in [4.78, 5) is 34.3. The van der Waals surface area contributed by atoms with Crippen molar-refractivity contribution in [1.82, 2.24) is 0 Å². The van der Waals surface area contributed by atoms with Gasteiger partial charge in [-0.3, -0.25) is 0 Å². The van der Waals surface area contributed by atoms with E-state index in [4.69, 9.17) is 19.2 Å². The van der Waals surface area contributed by atoms with Crippen molar-refractivity contribution in [1.29, 1.82) is 0 Å². The molecule has 0 aromatic carbocycles. The first-order valence-corrected chi connectivity index (χ1v) is 2.45. The SMILES string of the molecule is [Ag+].[Al+3].[Cu+2].[O-][Si]([O-])([O-])[O-]. The molecule has 0 bridgehead atoms. The van der Waals surface area contributed by atoms with Gasteiger partial charge in [-0.1, -0.05) is 0 Å². The Morgan fingerprint density at radius 2 is 0.875 bits per heavy atom. The molecular weight excluding hydrogens is 290 g/mol. The minimum Gasteiger partial charge on any atom is -0.894 e. The Bertz CT molecular complexity index is 31.5. The van der Waals surface area contributed by atoms with Crippen LogP contribution in [0.25, 0.3) is 0 Å². The summed E-state index contributed by atoms with van der Waals surface area (Å²) >= 11 is 0. The smallest absolute Gasteiger partial charge is 0.894 e. The Labute approximate surface area is 84.5 Å². The fourth-order valence-corrected chi connectivity index (χ4v) is 0. The first kappa shape index (κ1) is 22.5. The zero-order valence-electron chi connectivity index (χ0n) is 3.31. The van der Waals surface area contributed by atoms with Gasteiger partial charge in [0.2, 0.25) is 0 Å². The molecule has 0 aliphatic heterocycles. The van der Waals surface area contributed by atoms with Crippen molar-refractivity contribution in [2.75, 3.05) is 0 Å². The van der Waals surface area contributed by atoms with Crippen LogP contribution in [0.2, 0.25) is 0 Å². The summed E-state index contributed by atoms with van der Waals surface area (Å²) in [7, 11) is -5.61. The van der Waals surface area contributed by atoms with Gasteiger partial charge in [0.25, 0.3) is 0 Å². The van der Waals surface area contributed by atoms with Crippen molar-refractivity contribution in [3.8, 4) is 0 Å². The average molecular weight is 290 g/mol. The van der Waals surface area contributed by atoms with E-state index in [1.165, 1.54) is 0 Å². The van der Waals surface area contributed by atoms with Gasteiger partial charge in [-0.2, -0.15) is 0 Å². The topological polar surface area (TPSA) is 92.2 Å². The third-order valence-electron chi connectivity index (χ3n) is 0. The normalized spacial score (nSPS) is 7.50. The molecule has 0 spiro atoms. The van der Waals surface area contributed by atoms with Crippen molar-refractivity contribution in [2.45, 2.75) is 0 Å². The number of hydrogen-bond acceptors (Lipinski definition) is 4. The predicted octanol–water partition coefficient (Wildman–Crippen LogP) is -5.52. The van der Waals surface area contributed by atoms with Gasteiger partial charge < -0.3 is 28.2 Å². The Morgan fingerprint density at radius 3 is 0.875 bits per heavy atom. The summed E-state index contributed by atoms with van der Waals surface area (Å²) in [6.45, 7) is 0. The van der Waals surface area contributed by atoms with Crippen LogP contribution in [0.15, 0.2) is 0 Å². The van der Waals surface area contributed by atoms with Crippen LogP contribution in [-0.2, 0) is 39.4 Å². The number of rotatable bonds is 0. The predicted molar refractivity (Wildman–Crippen MR) is 11.5 cm³/mol. The van der Waals surface area contributed by atoms with Crippen LogP contribution < -0.4 is 19.2 Å². The first-order chi connectivity index (χ1) is 2.00. The molecule has 0 N–H and O–H groups in total. The fourth-order valence-electron chi connectivity index (χ4n) is 0. The maximum atomic E-state index is 8.58. The Balaban J connectivity index is -0.0000000267. The molecule has 0 aliphatic carbocycles. The molecule has 0 saturated carbocycles. The minimum absolute atomic E-state index is 0. The van der Waals surface area contributed by atoms with Crippen LogP contribution in [0, 0.1) is 0 Å². The Kier molecular flexibility index (Phi) is 24.9. The van der Waals surface area contributed by atoms with Crippen molar-refractivity contribution in [3.05, 3.63) is 0 Å². The Morgan fingerprint density at radius 1 is 0.875 bits per heavy atom. The molecule has 0 aliphatic rings. The maximum Gasteiger partial charge on any atom is 3.00 e. The van der Waals surface area contributed by atoms with Crippen LogP contribution in [-0.4, -0.2) is 26.4 Å². The molecule has 0 heterocycles. The molecule has 0 aromatic rings. The second kappa shape index (κ2) is 8.85. The number of hydrogen-bond donors (Lipinski definition) is 0. The largest absolute Gasteiger partial charge is 3.00 e. The van der Waals surface area contributed by atoms with Gasteiger partial charge in [-0.15, -0.1) is 0 Å². The first-order valence-electron chi connectivity index (χ1n) is 0.816. The fraction of sp³-hybridized carbons (Fsp3) is 0. The molecule has 1 radical (unpaired) electrons. The molecule has 51 valence electrons. The summed E-state index contributed by atoms with van der Waals surface area (Å²) < 4.78 is 0. The maximum absolute atomic E-state index is 8.58. The van der Waals surface area contributed by atoms with E-state index < -0.39 is 9.05 Å². The molecule has 8 heteroatoms. The van der Waals surface area contributed by atoms with Gasteiger partial charge in [0.15, 0.2) is 0 Å². The quantitative estimate of drug-likeness (QED) is 0.416. The van der Waals surface area contributed by atoms with E-state index in [0.717, 1.165) is 0 Å². The van der Waals surface area contributed by atoms with Crippen molar-refractivity contribution < 1.29 is 58.6 Å². The molecular formula is AgAlCuO4Si+2. The van der Waals surface area contributed by atoms with Gasteiger partial charge in [-0.05, 0) is 0 Å². The molecule has 0 aromatic heterocycles. The van der Waals surface area contributed by atoms with E-state index in [-0.39, 0.29) is 56.8 Å². The van der Waals surface area contributed by atoms with E-state index in [1.807, 2.05) is 0 Å². The van der Waals surface area contributed by atoms with E-state index in [9.17, 15) is 0 Å². The van der Waals surface area contributed by atoms with Crippen molar-refractivity contribution in [3.63, 3.8) is 0 Å². The van der Waals surface area contributed by atoms with Crippen LogP contribution in [0.5, 0.6) is 0 Å². The monoisotopic (exact) mass is 289 g/mol. The van der Waals surface area contributed by atoms with Crippen molar-refractivity contribution in [2.24, 2.45) is 0 Å². The van der Waals surface area contributed by atoms with Crippen LogP contribution in [0.1, 0.15) is 0 Å². The van der Waals surface area contributed by atoms with E-state index in [0.29, 0.717) is 0 Å². The molecule has 4 nitrogen and oxygen atoms in total. The van der Waals surface area contributed by atoms with Crippen LogP contribution in [0.4, 0.5) is 0 Å². The van der Waals surface area contributed by atoms with Gasteiger partial charge in [0.1, 0.15) is 0 Å². The molecule has 0 fully saturated rings. The molecule has 8 heavy (non-hydrogen) atoms. The van der Waals surface area contributed by atoms with Crippen LogP contribution in [0.3, 0.4) is 0 Å². The second-order valence-corrected chi connectivity index (χ2v) is 1.50. The van der Waals surface area contributed by atoms with Gasteiger partial charge >= 0.3 is 56.8 Å². The van der Waals surface area contributed by atoms with Crippen molar-refractivity contribution >= 4 is 26.4 Å². The van der Waals surface area contributed by atoms with Crippen LogP contribution >= 0.6 is 0 Å². The van der Waals surface area contributed by atoms with E-state index in [2.05, 4.69) is 0 Å². The molecule has 0 atom stereocenters. The van der Waals surface area contributed by atoms with E-state index >= 15 is 0 Å². The second-order valence-electron chi connectivity index (χ2n) is 0.500. The van der Waals surface area contributed by atoms with Gasteiger partial charge in [-0.25, -0.2) is 0 Å². The van der Waals surface area contributed by atoms with E-state index in [1.54, 1.807) is 0 Å². The average Bonchev–Trinajstić information content (AvgIpc) is 0.722.